The summed E-state index contributed by atoms with van der Waals surface area (Å²) in [4.78, 5) is 3.93. The maximum Gasteiger partial charge on any atom is 0.102 e. The second-order valence-electron chi connectivity index (χ2n) is 5.35. The standard InChI is InChI=1S/C14H17Cl2N5O/c15-10-5-18-6-11(16)9(10)7-21-8-12(19-20-21)14(17)13-3-1-2-4-22-13/h5-6,8,13-14H,1-4,7,17H2. The van der Waals surface area contributed by atoms with Gasteiger partial charge in [-0.15, -0.1) is 5.10 Å². The van der Waals surface area contributed by atoms with Gasteiger partial charge < -0.3 is 10.5 Å². The van der Waals surface area contributed by atoms with E-state index in [0.29, 0.717) is 22.3 Å². The second kappa shape index (κ2) is 6.91. The molecule has 1 aliphatic heterocycles. The van der Waals surface area contributed by atoms with Crippen molar-refractivity contribution in [1.29, 1.82) is 0 Å². The van der Waals surface area contributed by atoms with Crippen LogP contribution in [0, 0.1) is 0 Å². The predicted octanol–water partition coefficient (Wildman–Crippen LogP) is 2.60. The molecule has 1 aliphatic rings. The average Bonchev–Trinajstić information content (AvgIpc) is 3.00. The Hall–Kier alpha value is -1.21. The van der Waals surface area contributed by atoms with E-state index in [9.17, 15) is 0 Å². The number of ether oxygens (including phenoxy) is 1. The normalized spacial score (nSPS) is 20.0. The lowest BCUT2D eigenvalue weighted by Gasteiger charge is -2.26. The van der Waals surface area contributed by atoms with Crippen LogP contribution in [-0.4, -0.2) is 32.7 Å². The van der Waals surface area contributed by atoms with Crippen LogP contribution in [0.1, 0.15) is 36.6 Å². The Morgan fingerprint density at radius 3 is 2.77 bits per heavy atom. The van der Waals surface area contributed by atoms with E-state index in [4.69, 9.17) is 33.7 Å². The van der Waals surface area contributed by atoms with Gasteiger partial charge in [-0.1, -0.05) is 28.4 Å². The Morgan fingerprint density at radius 1 is 1.32 bits per heavy atom. The molecule has 2 atom stereocenters. The molecule has 8 heteroatoms. The highest BCUT2D eigenvalue weighted by molar-refractivity contribution is 6.35. The molecule has 2 N–H and O–H groups in total. The van der Waals surface area contributed by atoms with Gasteiger partial charge in [-0.25, -0.2) is 4.68 Å². The molecular weight excluding hydrogens is 325 g/mol. The second-order valence-corrected chi connectivity index (χ2v) is 6.17. The van der Waals surface area contributed by atoms with Crippen molar-refractivity contribution < 1.29 is 4.74 Å². The van der Waals surface area contributed by atoms with Gasteiger partial charge in [0.25, 0.3) is 0 Å². The molecule has 0 bridgehead atoms. The number of aromatic nitrogens is 4. The van der Waals surface area contributed by atoms with Crippen LogP contribution in [0.25, 0.3) is 0 Å². The van der Waals surface area contributed by atoms with Gasteiger partial charge in [0.1, 0.15) is 5.69 Å². The Morgan fingerprint density at radius 2 is 2.09 bits per heavy atom. The first-order valence-corrected chi connectivity index (χ1v) is 7.96. The van der Waals surface area contributed by atoms with Crippen LogP contribution in [0.4, 0.5) is 0 Å². The summed E-state index contributed by atoms with van der Waals surface area (Å²) in [5, 5.41) is 9.26. The molecule has 1 fully saturated rings. The minimum Gasteiger partial charge on any atom is -0.376 e. The van der Waals surface area contributed by atoms with Gasteiger partial charge in [-0.05, 0) is 19.3 Å². The Bertz CT molecular complexity index is 622. The third-order valence-corrected chi connectivity index (χ3v) is 4.44. The van der Waals surface area contributed by atoms with E-state index < -0.39 is 0 Å². The third kappa shape index (κ3) is 3.41. The number of nitrogens with two attached hydrogens (primary N) is 1. The molecule has 0 aliphatic carbocycles. The third-order valence-electron chi connectivity index (χ3n) is 3.79. The Balaban J connectivity index is 1.73. The molecule has 0 radical (unpaired) electrons. The molecule has 0 spiro atoms. The van der Waals surface area contributed by atoms with Gasteiger partial charge >= 0.3 is 0 Å². The van der Waals surface area contributed by atoms with E-state index in [1.165, 1.54) is 0 Å². The largest absolute Gasteiger partial charge is 0.376 e. The molecule has 3 rings (SSSR count). The predicted molar refractivity (Wildman–Crippen MR) is 83.9 cm³/mol. The molecule has 118 valence electrons. The first-order valence-electron chi connectivity index (χ1n) is 7.20. The maximum atomic E-state index is 6.23. The van der Waals surface area contributed by atoms with E-state index in [1.807, 2.05) is 6.20 Å². The van der Waals surface area contributed by atoms with Gasteiger partial charge in [-0.3, -0.25) is 4.98 Å². The lowest BCUT2D eigenvalue weighted by molar-refractivity contribution is -0.000783. The van der Waals surface area contributed by atoms with Crippen LogP contribution in [0.15, 0.2) is 18.6 Å². The molecule has 2 aromatic heterocycles. The van der Waals surface area contributed by atoms with Gasteiger partial charge in [0.05, 0.1) is 34.9 Å². The molecule has 2 unspecified atom stereocenters. The minimum atomic E-state index is -0.266. The minimum absolute atomic E-state index is 0.00648. The van der Waals surface area contributed by atoms with Crippen molar-refractivity contribution in [2.75, 3.05) is 6.61 Å². The van der Waals surface area contributed by atoms with Crippen LogP contribution in [0.3, 0.4) is 0 Å². The summed E-state index contributed by atoms with van der Waals surface area (Å²) in [6.07, 6.45) is 8.12. The van der Waals surface area contributed by atoms with Crippen LogP contribution < -0.4 is 5.73 Å². The summed E-state index contributed by atoms with van der Waals surface area (Å²) in [6, 6.07) is -0.266. The topological polar surface area (TPSA) is 78.9 Å². The lowest BCUT2D eigenvalue weighted by atomic mass is 10.0. The number of pyridine rings is 1. The number of rotatable bonds is 4. The fraction of sp³-hybridized carbons (Fsp3) is 0.500. The van der Waals surface area contributed by atoms with Gasteiger partial charge in [-0.2, -0.15) is 0 Å². The first kappa shape index (κ1) is 15.7. The lowest BCUT2D eigenvalue weighted by Crippen LogP contribution is -2.32. The van der Waals surface area contributed by atoms with E-state index in [1.54, 1.807) is 17.1 Å². The van der Waals surface area contributed by atoms with Gasteiger partial charge in [0, 0.05) is 24.6 Å². The van der Waals surface area contributed by atoms with E-state index in [2.05, 4.69) is 15.3 Å². The Kier molecular flexibility index (Phi) is 4.93. The molecular formula is C14H17Cl2N5O. The quantitative estimate of drug-likeness (QED) is 0.924. The molecule has 1 saturated heterocycles. The maximum absolute atomic E-state index is 6.23. The fourth-order valence-electron chi connectivity index (χ4n) is 2.53. The molecule has 22 heavy (non-hydrogen) atoms. The summed E-state index contributed by atoms with van der Waals surface area (Å²) >= 11 is 12.2. The van der Waals surface area contributed by atoms with E-state index in [-0.39, 0.29) is 12.1 Å². The SMILES string of the molecule is NC(c1cn(Cc2c(Cl)cncc2Cl)nn1)C1CCCCO1. The van der Waals surface area contributed by atoms with Gasteiger partial charge in [0.15, 0.2) is 0 Å². The summed E-state index contributed by atoms with van der Waals surface area (Å²) in [5.74, 6) is 0. The van der Waals surface area contributed by atoms with Crippen LogP contribution in [0.5, 0.6) is 0 Å². The zero-order chi connectivity index (χ0) is 15.5. The average molecular weight is 342 g/mol. The van der Waals surface area contributed by atoms with E-state index in [0.717, 1.165) is 31.4 Å². The molecule has 2 aromatic rings. The van der Waals surface area contributed by atoms with Crippen molar-refractivity contribution in [3.8, 4) is 0 Å². The van der Waals surface area contributed by atoms with Crippen LogP contribution in [-0.2, 0) is 11.3 Å². The number of halogens is 2. The van der Waals surface area contributed by atoms with Gasteiger partial charge in [0.2, 0.25) is 0 Å². The summed E-state index contributed by atoms with van der Waals surface area (Å²) in [7, 11) is 0. The smallest absolute Gasteiger partial charge is 0.102 e. The number of nitrogens with zero attached hydrogens (tertiary/aromatic N) is 4. The van der Waals surface area contributed by atoms with Crippen molar-refractivity contribution in [2.24, 2.45) is 5.73 Å². The molecule has 0 aromatic carbocycles. The summed E-state index contributed by atoms with van der Waals surface area (Å²) < 4.78 is 7.38. The zero-order valence-corrected chi connectivity index (χ0v) is 13.5. The Labute approximate surface area is 138 Å². The first-order chi connectivity index (χ1) is 10.6. The fourth-order valence-corrected chi connectivity index (χ4v) is 3.02. The van der Waals surface area contributed by atoms with Crippen molar-refractivity contribution in [3.63, 3.8) is 0 Å². The highest BCUT2D eigenvalue weighted by atomic mass is 35.5. The van der Waals surface area contributed by atoms with Crippen molar-refractivity contribution in [1.82, 2.24) is 20.0 Å². The van der Waals surface area contributed by atoms with E-state index >= 15 is 0 Å². The highest BCUT2D eigenvalue weighted by Crippen LogP contribution is 2.25. The number of hydrogen-bond donors (Lipinski definition) is 1. The zero-order valence-electron chi connectivity index (χ0n) is 12.0. The number of hydrogen-bond acceptors (Lipinski definition) is 5. The van der Waals surface area contributed by atoms with Crippen molar-refractivity contribution >= 4 is 23.2 Å². The molecule has 0 saturated carbocycles. The van der Waals surface area contributed by atoms with Crippen molar-refractivity contribution in [2.45, 2.75) is 38.0 Å². The van der Waals surface area contributed by atoms with Crippen molar-refractivity contribution in [3.05, 3.63) is 39.9 Å². The van der Waals surface area contributed by atoms with Crippen LogP contribution >= 0.6 is 23.2 Å². The molecule has 3 heterocycles. The highest BCUT2D eigenvalue weighted by Gasteiger charge is 2.25. The van der Waals surface area contributed by atoms with Crippen LogP contribution in [0.2, 0.25) is 10.0 Å². The summed E-state index contributed by atoms with van der Waals surface area (Å²) in [6.45, 7) is 1.18. The molecule has 6 nitrogen and oxygen atoms in total. The molecule has 0 amide bonds. The summed E-state index contributed by atoms with van der Waals surface area (Å²) in [5.41, 5.74) is 7.71. The monoisotopic (exact) mass is 341 g/mol.